The summed E-state index contributed by atoms with van der Waals surface area (Å²) in [6.45, 7) is 1.92. The second kappa shape index (κ2) is 6.22. The molecule has 2 aromatic carbocycles. The van der Waals surface area contributed by atoms with Gasteiger partial charge < -0.3 is 5.32 Å². The van der Waals surface area contributed by atoms with Gasteiger partial charge in [-0.1, -0.05) is 29.8 Å². The van der Waals surface area contributed by atoms with Gasteiger partial charge in [0.25, 0.3) is 0 Å². The van der Waals surface area contributed by atoms with Crippen molar-refractivity contribution in [1.29, 1.82) is 0 Å². The monoisotopic (exact) mass is 327 g/mol. The Kier molecular flexibility index (Phi) is 4.12. The average Bonchev–Trinajstić information content (AvgIpc) is 2.53. The van der Waals surface area contributed by atoms with Gasteiger partial charge in [-0.3, -0.25) is 14.3 Å². The lowest BCUT2D eigenvalue weighted by Gasteiger charge is -2.11. The van der Waals surface area contributed by atoms with Crippen molar-refractivity contribution >= 4 is 34.1 Å². The van der Waals surface area contributed by atoms with Gasteiger partial charge in [-0.2, -0.15) is 5.10 Å². The molecule has 0 spiro atoms. The first kappa shape index (κ1) is 15.2. The predicted octanol–water partition coefficient (Wildman–Crippen LogP) is 3.00. The van der Waals surface area contributed by atoms with Crippen molar-refractivity contribution in [3.8, 4) is 0 Å². The quantitative estimate of drug-likeness (QED) is 0.804. The normalized spacial score (nSPS) is 10.7. The molecule has 0 bridgehead atoms. The fraction of sp³-hybridized carbons (Fsp3) is 0.118. The summed E-state index contributed by atoms with van der Waals surface area (Å²) in [6.07, 6.45) is 1.22. The van der Waals surface area contributed by atoms with E-state index in [4.69, 9.17) is 11.6 Å². The molecule has 0 saturated carbocycles. The maximum absolute atomic E-state index is 12.2. The molecule has 0 fully saturated rings. The van der Waals surface area contributed by atoms with E-state index in [1.807, 2.05) is 13.0 Å². The Bertz CT molecular complexity index is 950. The molecule has 0 saturated heterocycles. The van der Waals surface area contributed by atoms with Crippen LogP contribution >= 0.6 is 11.6 Å². The van der Waals surface area contributed by atoms with Crippen LogP contribution in [-0.4, -0.2) is 15.7 Å². The molecule has 1 heterocycles. The van der Waals surface area contributed by atoms with Crippen molar-refractivity contribution in [3.63, 3.8) is 0 Å². The van der Waals surface area contributed by atoms with Crippen molar-refractivity contribution < 1.29 is 4.79 Å². The van der Waals surface area contributed by atoms with Gasteiger partial charge in [0.05, 0.1) is 22.4 Å². The molecule has 0 aliphatic heterocycles. The number of hydrogen-bond acceptors (Lipinski definition) is 3. The van der Waals surface area contributed by atoms with Crippen LogP contribution in [0, 0.1) is 6.92 Å². The number of anilines is 1. The Labute approximate surface area is 137 Å². The third-order valence-electron chi connectivity index (χ3n) is 3.45. The van der Waals surface area contributed by atoms with Crippen LogP contribution in [0.3, 0.4) is 0 Å². The van der Waals surface area contributed by atoms with Gasteiger partial charge in [-0.25, -0.2) is 0 Å². The largest absolute Gasteiger partial charge is 0.323 e. The summed E-state index contributed by atoms with van der Waals surface area (Å²) < 4.78 is 1.49. The molecule has 0 aliphatic carbocycles. The maximum atomic E-state index is 12.2. The third kappa shape index (κ3) is 3.24. The van der Waals surface area contributed by atoms with E-state index in [0.29, 0.717) is 21.6 Å². The summed E-state index contributed by atoms with van der Waals surface area (Å²) in [5.74, 6) is -0.267. The molecule has 23 heavy (non-hydrogen) atoms. The van der Waals surface area contributed by atoms with Crippen molar-refractivity contribution in [1.82, 2.24) is 9.78 Å². The molecule has 116 valence electrons. The minimum Gasteiger partial charge on any atom is -0.323 e. The molecule has 1 aromatic heterocycles. The fourth-order valence-electron chi connectivity index (χ4n) is 2.33. The highest BCUT2D eigenvalue weighted by Gasteiger charge is 2.10. The number of carbonyl (C=O) groups is 1. The summed E-state index contributed by atoms with van der Waals surface area (Å²) in [7, 11) is 0. The Morgan fingerprint density at radius 1 is 1.26 bits per heavy atom. The molecular weight excluding hydrogens is 314 g/mol. The molecule has 5 nitrogen and oxygen atoms in total. The summed E-state index contributed by atoms with van der Waals surface area (Å²) in [6, 6.07) is 12.5. The molecule has 3 aromatic rings. The fourth-order valence-corrected chi connectivity index (χ4v) is 2.62. The lowest BCUT2D eigenvalue weighted by molar-refractivity contribution is -0.116. The number of halogens is 1. The second-order valence-electron chi connectivity index (χ2n) is 5.22. The van der Waals surface area contributed by atoms with Crippen molar-refractivity contribution in [2.45, 2.75) is 13.5 Å². The van der Waals surface area contributed by atoms with Gasteiger partial charge in [-0.05, 0) is 36.8 Å². The van der Waals surface area contributed by atoms with Crippen molar-refractivity contribution in [3.05, 3.63) is 69.5 Å². The zero-order chi connectivity index (χ0) is 16.4. The minimum atomic E-state index is -0.267. The van der Waals surface area contributed by atoms with E-state index in [1.54, 1.807) is 36.4 Å². The van der Waals surface area contributed by atoms with E-state index in [2.05, 4.69) is 10.4 Å². The highest BCUT2D eigenvalue weighted by Crippen LogP contribution is 2.22. The summed E-state index contributed by atoms with van der Waals surface area (Å²) in [5.41, 5.74) is 2.01. The number of nitrogens with one attached hydrogen (secondary N) is 1. The maximum Gasteiger partial charge on any atom is 0.246 e. The van der Waals surface area contributed by atoms with Crippen LogP contribution in [0.2, 0.25) is 5.02 Å². The first-order valence-electron chi connectivity index (χ1n) is 7.05. The highest BCUT2D eigenvalue weighted by molar-refractivity contribution is 6.33. The number of fused-ring (bicyclic) bond motifs is 1. The Hall–Kier alpha value is -2.66. The number of nitrogens with zero attached hydrogens (tertiary/aromatic N) is 2. The molecule has 1 N–H and O–H groups in total. The topological polar surface area (TPSA) is 64.0 Å². The van der Waals surface area contributed by atoms with Crippen LogP contribution < -0.4 is 10.7 Å². The number of aryl methyl sites for hydroxylation is 1. The molecule has 0 atom stereocenters. The molecular formula is C17H14ClN3O2. The first-order chi connectivity index (χ1) is 11.0. The summed E-state index contributed by atoms with van der Waals surface area (Å²) in [5, 5.41) is 7.80. The minimum absolute atomic E-state index is 0.00893. The average molecular weight is 328 g/mol. The Morgan fingerprint density at radius 3 is 2.83 bits per heavy atom. The molecule has 0 aliphatic rings. The van der Waals surface area contributed by atoms with Gasteiger partial charge in [-0.15, -0.1) is 0 Å². The zero-order valence-corrected chi connectivity index (χ0v) is 13.2. The van der Waals surface area contributed by atoms with Gasteiger partial charge in [0, 0.05) is 5.39 Å². The van der Waals surface area contributed by atoms with Crippen LogP contribution in [0.1, 0.15) is 5.56 Å². The summed E-state index contributed by atoms with van der Waals surface area (Å²) in [4.78, 5) is 24.0. The molecule has 0 unspecified atom stereocenters. The van der Waals surface area contributed by atoms with Crippen molar-refractivity contribution in [2.75, 3.05) is 5.32 Å². The van der Waals surface area contributed by atoms with Crippen LogP contribution in [0.4, 0.5) is 5.69 Å². The van der Waals surface area contributed by atoms with E-state index in [-0.39, 0.29) is 17.9 Å². The highest BCUT2D eigenvalue weighted by atomic mass is 35.5. The van der Waals surface area contributed by atoms with Gasteiger partial charge >= 0.3 is 0 Å². The van der Waals surface area contributed by atoms with E-state index in [0.717, 1.165) is 5.56 Å². The van der Waals surface area contributed by atoms with Crippen LogP contribution in [-0.2, 0) is 11.3 Å². The molecule has 3 rings (SSSR count). The van der Waals surface area contributed by atoms with Crippen molar-refractivity contribution in [2.24, 2.45) is 0 Å². The lowest BCUT2D eigenvalue weighted by Crippen LogP contribution is -2.22. The third-order valence-corrected chi connectivity index (χ3v) is 3.77. The number of carbonyl (C=O) groups excluding carboxylic acids is 1. The first-order valence-corrected chi connectivity index (χ1v) is 7.43. The lowest BCUT2D eigenvalue weighted by atomic mass is 10.2. The Morgan fingerprint density at radius 2 is 2.04 bits per heavy atom. The number of aromatic nitrogens is 2. The molecule has 6 heteroatoms. The smallest absolute Gasteiger partial charge is 0.246 e. The van der Waals surface area contributed by atoms with E-state index >= 15 is 0 Å². The second-order valence-corrected chi connectivity index (χ2v) is 5.62. The SMILES string of the molecule is Cc1ccc(NC(=O)Cn2ncc(=O)c3ccccc32)c(Cl)c1. The van der Waals surface area contributed by atoms with Crippen LogP contribution in [0.15, 0.2) is 53.5 Å². The van der Waals surface area contributed by atoms with E-state index in [1.165, 1.54) is 10.9 Å². The van der Waals surface area contributed by atoms with Gasteiger partial charge in [0.1, 0.15) is 6.54 Å². The number of benzene rings is 2. The number of amides is 1. The van der Waals surface area contributed by atoms with Gasteiger partial charge in [0.2, 0.25) is 11.3 Å². The van der Waals surface area contributed by atoms with Gasteiger partial charge in [0.15, 0.2) is 0 Å². The molecule has 1 amide bonds. The Balaban J connectivity index is 1.86. The zero-order valence-electron chi connectivity index (χ0n) is 12.4. The van der Waals surface area contributed by atoms with Crippen LogP contribution in [0.5, 0.6) is 0 Å². The van der Waals surface area contributed by atoms with E-state index in [9.17, 15) is 9.59 Å². The number of hydrogen-bond donors (Lipinski definition) is 1. The molecule has 0 radical (unpaired) electrons. The standard InChI is InChI=1S/C17H14ClN3O2/c1-11-6-7-14(13(18)8-11)20-17(23)10-21-15-5-3-2-4-12(15)16(22)9-19-21/h2-9H,10H2,1H3,(H,20,23). The number of rotatable bonds is 3. The predicted molar refractivity (Wildman–Crippen MR) is 90.8 cm³/mol. The number of para-hydroxylation sites is 1. The van der Waals surface area contributed by atoms with Crippen LogP contribution in [0.25, 0.3) is 10.9 Å². The van der Waals surface area contributed by atoms with E-state index < -0.39 is 0 Å². The summed E-state index contributed by atoms with van der Waals surface area (Å²) >= 11 is 6.11.